The van der Waals surface area contributed by atoms with Crippen LogP contribution in [0.25, 0.3) is 0 Å². The molecule has 9 nitrogen and oxygen atoms in total. The van der Waals surface area contributed by atoms with E-state index in [4.69, 9.17) is 14.6 Å². The number of carboxylic acids is 1. The molecule has 2 N–H and O–H groups in total. The predicted molar refractivity (Wildman–Crippen MR) is 135 cm³/mol. The number of carbonyl (C=O) groups excluding carboxylic acids is 1. The number of rotatable bonds is 10. The highest BCUT2D eigenvalue weighted by Gasteiger charge is 2.20. The number of aliphatic carboxylic acids is 1. The average molecular weight is 491 g/mol. The maximum atomic E-state index is 12.2. The minimum atomic E-state index is -0.830. The van der Waals surface area contributed by atoms with Crippen LogP contribution in [0.15, 0.2) is 54.9 Å². The van der Waals surface area contributed by atoms with E-state index in [0.717, 1.165) is 36.3 Å². The van der Waals surface area contributed by atoms with Gasteiger partial charge in [-0.2, -0.15) is 0 Å². The Morgan fingerprint density at radius 1 is 1.14 bits per heavy atom. The van der Waals surface area contributed by atoms with Gasteiger partial charge in [-0.05, 0) is 67.1 Å². The second kappa shape index (κ2) is 11.6. The first kappa shape index (κ1) is 25.1. The van der Waals surface area contributed by atoms with E-state index in [1.807, 2.05) is 18.2 Å². The van der Waals surface area contributed by atoms with Crippen LogP contribution in [0.2, 0.25) is 0 Å². The number of ether oxygens (including phenoxy) is 2. The van der Waals surface area contributed by atoms with E-state index in [9.17, 15) is 9.59 Å². The highest BCUT2D eigenvalue weighted by molar-refractivity contribution is 5.93. The van der Waals surface area contributed by atoms with Gasteiger partial charge in [-0.1, -0.05) is 6.07 Å². The Labute approximate surface area is 210 Å². The van der Waals surface area contributed by atoms with Crippen LogP contribution in [0.5, 0.6) is 11.6 Å². The Balaban J connectivity index is 1.50. The fourth-order valence-electron chi connectivity index (χ4n) is 3.94. The molecule has 1 aromatic carbocycles. The average Bonchev–Trinajstić information content (AvgIpc) is 3.38. The van der Waals surface area contributed by atoms with E-state index >= 15 is 0 Å². The number of anilines is 2. The Morgan fingerprint density at radius 2 is 1.94 bits per heavy atom. The minimum Gasteiger partial charge on any atom is -0.481 e. The molecule has 3 heterocycles. The summed E-state index contributed by atoms with van der Waals surface area (Å²) < 4.78 is 11.7. The highest BCUT2D eigenvalue weighted by atomic mass is 16.5. The molecule has 1 aliphatic heterocycles. The number of nitrogens with zero attached hydrogens (tertiary/aromatic N) is 3. The maximum absolute atomic E-state index is 12.2. The first-order valence-corrected chi connectivity index (χ1v) is 11.9. The molecular weight excluding hydrogens is 460 g/mol. The topological polar surface area (TPSA) is 114 Å². The fourth-order valence-corrected chi connectivity index (χ4v) is 3.94. The third-order valence-electron chi connectivity index (χ3n) is 5.90. The number of pyridine rings is 2. The molecule has 0 spiro atoms. The van der Waals surface area contributed by atoms with E-state index < -0.39 is 5.97 Å². The summed E-state index contributed by atoms with van der Waals surface area (Å²) in [7, 11) is 3.43. The quantitative estimate of drug-likeness (QED) is 0.432. The van der Waals surface area contributed by atoms with Gasteiger partial charge in [-0.25, -0.2) is 9.97 Å². The van der Waals surface area contributed by atoms with E-state index in [1.165, 1.54) is 4.90 Å². The number of amides is 1. The number of carbonyl (C=O) groups is 2. The number of hydrogen-bond acceptors (Lipinski definition) is 7. The molecule has 1 atom stereocenters. The number of hydrogen-bond donors (Lipinski definition) is 2. The standard InChI is InChI=1S/C27H30N4O5/c1-31(2)27(34)20-5-7-23(8-6-20)36-26-21(13-19-11-12-35-17-19)14-22(16-29-26)30-24-9-3-18(15-28-24)4-10-25(32)33/h3,5-9,14-16,19H,4,10-13,17H2,1-2H3,(H,28,30)(H,32,33). The SMILES string of the molecule is CN(C)C(=O)c1ccc(Oc2ncc(Nc3ccc(CCC(=O)O)cn3)cc2CC2CCOC2)cc1. The lowest BCUT2D eigenvalue weighted by molar-refractivity contribution is -0.136. The summed E-state index contributed by atoms with van der Waals surface area (Å²) in [4.78, 5) is 33.4. The molecule has 4 rings (SSSR count). The molecule has 36 heavy (non-hydrogen) atoms. The summed E-state index contributed by atoms with van der Waals surface area (Å²) in [6.45, 7) is 1.46. The number of nitrogens with one attached hydrogen (secondary N) is 1. The Hall–Kier alpha value is -3.98. The van der Waals surface area contributed by atoms with Gasteiger partial charge in [0.05, 0.1) is 11.9 Å². The molecule has 9 heteroatoms. The van der Waals surface area contributed by atoms with Gasteiger partial charge in [0.15, 0.2) is 0 Å². The van der Waals surface area contributed by atoms with Crippen LogP contribution >= 0.6 is 0 Å². The Kier molecular flexibility index (Phi) is 8.12. The van der Waals surface area contributed by atoms with Crippen LogP contribution in [0, 0.1) is 5.92 Å². The molecule has 3 aromatic rings. The summed E-state index contributed by atoms with van der Waals surface area (Å²) in [5.41, 5.74) is 3.17. The maximum Gasteiger partial charge on any atom is 0.303 e. The monoisotopic (exact) mass is 490 g/mol. The molecule has 0 aliphatic carbocycles. The van der Waals surface area contributed by atoms with Gasteiger partial charge in [0.1, 0.15) is 11.6 Å². The summed E-state index contributed by atoms with van der Waals surface area (Å²) in [6.07, 6.45) is 5.62. The van der Waals surface area contributed by atoms with Crippen LogP contribution in [0.3, 0.4) is 0 Å². The first-order chi connectivity index (χ1) is 17.4. The third kappa shape index (κ3) is 6.79. The lowest BCUT2D eigenvalue weighted by Gasteiger charge is -2.15. The second-order valence-corrected chi connectivity index (χ2v) is 9.02. The normalized spacial score (nSPS) is 14.9. The molecule has 1 amide bonds. The summed E-state index contributed by atoms with van der Waals surface area (Å²) in [5.74, 6) is 1.23. The number of aromatic nitrogens is 2. The van der Waals surface area contributed by atoms with Crippen molar-refractivity contribution in [1.29, 1.82) is 0 Å². The number of benzene rings is 1. The van der Waals surface area contributed by atoms with Crippen LogP contribution in [0.4, 0.5) is 11.5 Å². The van der Waals surface area contributed by atoms with Crippen molar-refractivity contribution in [3.63, 3.8) is 0 Å². The smallest absolute Gasteiger partial charge is 0.303 e. The van der Waals surface area contributed by atoms with Crippen molar-refractivity contribution in [2.45, 2.75) is 25.7 Å². The largest absolute Gasteiger partial charge is 0.481 e. The van der Waals surface area contributed by atoms with Crippen molar-refractivity contribution in [3.8, 4) is 11.6 Å². The molecule has 1 fully saturated rings. The summed E-state index contributed by atoms with van der Waals surface area (Å²) in [5, 5.41) is 12.1. The van der Waals surface area contributed by atoms with Crippen molar-refractivity contribution < 1.29 is 24.2 Å². The summed E-state index contributed by atoms with van der Waals surface area (Å²) >= 11 is 0. The zero-order chi connectivity index (χ0) is 25.5. The lowest BCUT2D eigenvalue weighted by atomic mass is 9.99. The highest BCUT2D eigenvalue weighted by Crippen LogP contribution is 2.30. The molecule has 2 aromatic heterocycles. The first-order valence-electron chi connectivity index (χ1n) is 11.9. The zero-order valence-corrected chi connectivity index (χ0v) is 20.4. The van der Waals surface area contributed by atoms with Crippen molar-refractivity contribution in [2.75, 3.05) is 32.6 Å². The van der Waals surface area contributed by atoms with E-state index in [0.29, 0.717) is 42.0 Å². The zero-order valence-electron chi connectivity index (χ0n) is 20.4. The van der Waals surface area contributed by atoms with E-state index in [-0.39, 0.29) is 12.3 Å². The fraction of sp³-hybridized carbons (Fsp3) is 0.333. The Bertz CT molecular complexity index is 1190. The van der Waals surface area contributed by atoms with Gasteiger partial charge in [0.25, 0.3) is 5.91 Å². The van der Waals surface area contributed by atoms with E-state index in [1.54, 1.807) is 50.8 Å². The van der Waals surface area contributed by atoms with Gasteiger partial charge in [-0.3, -0.25) is 9.59 Å². The van der Waals surface area contributed by atoms with Crippen LogP contribution in [-0.2, 0) is 22.4 Å². The van der Waals surface area contributed by atoms with Gasteiger partial charge in [-0.15, -0.1) is 0 Å². The minimum absolute atomic E-state index is 0.0689. The van der Waals surface area contributed by atoms with Crippen molar-refractivity contribution in [2.24, 2.45) is 5.92 Å². The third-order valence-corrected chi connectivity index (χ3v) is 5.90. The lowest BCUT2D eigenvalue weighted by Crippen LogP contribution is -2.21. The van der Waals surface area contributed by atoms with E-state index in [2.05, 4.69) is 15.3 Å². The van der Waals surface area contributed by atoms with Crippen molar-refractivity contribution >= 4 is 23.4 Å². The van der Waals surface area contributed by atoms with Crippen LogP contribution in [-0.4, -0.2) is 59.2 Å². The molecule has 0 radical (unpaired) electrons. The van der Waals surface area contributed by atoms with Crippen molar-refractivity contribution in [3.05, 3.63) is 71.5 Å². The van der Waals surface area contributed by atoms with Gasteiger partial charge >= 0.3 is 5.97 Å². The van der Waals surface area contributed by atoms with Crippen LogP contribution < -0.4 is 10.1 Å². The molecule has 1 aliphatic rings. The molecule has 1 unspecified atom stereocenters. The molecule has 0 saturated carbocycles. The predicted octanol–water partition coefficient (Wildman–Crippen LogP) is 4.31. The van der Waals surface area contributed by atoms with Gasteiger partial charge in [0.2, 0.25) is 5.88 Å². The molecular formula is C27H30N4O5. The van der Waals surface area contributed by atoms with Gasteiger partial charge < -0.3 is 24.8 Å². The molecule has 188 valence electrons. The number of aryl methyl sites for hydroxylation is 1. The Morgan fingerprint density at radius 3 is 2.58 bits per heavy atom. The van der Waals surface area contributed by atoms with Crippen LogP contribution in [0.1, 0.15) is 34.3 Å². The van der Waals surface area contributed by atoms with Crippen molar-refractivity contribution in [1.82, 2.24) is 14.9 Å². The van der Waals surface area contributed by atoms with Gasteiger partial charge in [0, 0.05) is 51.1 Å². The number of carboxylic acid groups (broad SMARTS) is 1. The summed E-state index contributed by atoms with van der Waals surface area (Å²) in [6, 6.07) is 12.7. The molecule has 0 bridgehead atoms. The molecule has 1 saturated heterocycles. The second-order valence-electron chi connectivity index (χ2n) is 9.02.